The van der Waals surface area contributed by atoms with Crippen LogP contribution in [0.25, 0.3) is 0 Å². The van der Waals surface area contributed by atoms with Gasteiger partial charge in [0.25, 0.3) is 5.91 Å². The molecule has 0 aromatic heterocycles. The summed E-state index contributed by atoms with van der Waals surface area (Å²) in [5, 5.41) is 3.96. The quantitative estimate of drug-likeness (QED) is 0.578. The predicted molar refractivity (Wildman–Crippen MR) is 104 cm³/mol. The summed E-state index contributed by atoms with van der Waals surface area (Å²) < 4.78 is 11.2. The first kappa shape index (κ1) is 19.5. The van der Waals surface area contributed by atoms with Gasteiger partial charge in [-0.2, -0.15) is 5.10 Å². The Bertz CT molecular complexity index is 732. The first-order chi connectivity index (χ1) is 12.5. The van der Waals surface area contributed by atoms with Gasteiger partial charge in [-0.05, 0) is 60.7 Å². The Morgan fingerprint density at radius 2 is 1.73 bits per heavy atom. The van der Waals surface area contributed by atoms with Gasteiger partial charge in [0, 0.05) is 0 Å². The smallest absolute Gasteiger partial charge is 0.277 e. The molecule has 5 nitrogen and oxygen atoms in total. The van der Waals surface area contributed by atoms with Crippen LogP contribution in [-0.4, -0.2) is 25.3 Å². The zero-order valence-electron chi connectivity index (χ0n) is 15.8. The topological polar surface area (TPSA) is 59.9 Å². The summed E-state index contributed by atoms with van der Waals surface area (Å²) in [5.74, 6) is 1.74. The Hall–Kier alpha value is -2.82. The molecule has 0 aliphatic rings. The second kappa shape index (κ2) is 9.61. The van der Waals surface area contributed by atoms with Gasteiger partial charge in [-0.15, -0.1) is 0 Å². The van der Waals surface area contributed by atoms with Crippen molar-refractivity contribution in [3.63, 3.8) is 0 Å². The summed E-state index contributed by atoms with van der Waals surface area (Å²) in [6.07, 6.45) is 1.59. The van der Waals surface area contributed by atoms with Crippen molar-refractivity contribution in [2.24, 2.45) is 11.0 Å². The van der Waals surface area contributed by atoms with Crippen molar-refractivity contribution >= 4 is 12.1 Å². The Morgan fingerprint density at radius 1 is 1.08 bits per heavy atom. The fourth-order valence-corrected chi connectivity index (χ4v) is 2.29. The summed E-state index contributed by atoms with van der Waals surface area (Å²) in [6.45, 7) is 8.72. The maximum absolute atomic E-state index is 11.9. The molecule has 1 N–H and O–H groups in total. The van der Waals surface area contributed by atoms with Crippen LogP contribution in [0.3, 0.4) is 0 Å². The van der Waals surface area contributed by atoms with E-state index in [0.29, 0.717) is 12.5 Å². The third kappa shape index (κ3) is 6.24. The van der Waals surface area contributed by atoms with Crippen LogP contribution in [0.1, 0.15) is 30.5 Å². The van der Waals surface area contributed by atoms with E-state index >= 15 is 0 Å². The predicted octanol–water partition coefficient (Wildman–Crippen LogP) is 3.87. The number of carbonyl (C=O) groups excluding carboxylic acids is 1. The molecule has 1 amide bonds. The molecule has 2 aromatic rings. The van der Waals surface area contributed by atoms with Crippen LogP contribution in [0.5, 0.6) is 11.5 Å². The number of hydrogen-bond donors (Lipinski definition) is 1. The van der Waals surface area contributed by atoms with E-state index in [1.54, 1.807) is 6.21 Å². The van der Waals surface area contributed by atoms with Gasteiger partial charge < -0.3 is 9.47 Å². The molecule has 0 aliphatic heterocycles. The summed E-state index contributed by atoms with van der Waals surface area (Å²) >= 11 is 0. The summed E-state index contributed by atoms with van der Waals surface area (Å²) in [5.41, 5.74) is 5.34. The summed E-state index contributed by atoms with van der Waals surface area (Å²) in [7, 11) is 0. The van der Waals surface area contributed by atoms with E-state index in [4.69, 9.17) is 9.47 Å². The average Bonchev–Trinajstić information content (AvgIpc) is 2.60. The van der Waals surface area contributed by atoms with Crippen LogP contribution >= 0.6 is 0 Å². The summed E-state index contributed by atoms with van der Waals surface area (Å²) in [4.78, 5) is 11.9. The molecule has 0 saturated heterocycles. The lowest BCUT2D eigenvalue weighted by molar-refractivity contribution is -0.123. The standard InChI is InChI=1S/C21H26N2O3/c1-15(2)13-25-19-10-8-18(9-11-19)12-22-23-20(24)14-26-21-16(3)6-5-7-17(21)4/h5-12,15H,13-14H2,1-4H3,(H,23,24)/b22-12-. The average molecular weight is 354 g/mol. The SMILES string of the molecule is Cc1cccc(C)c1OCC(=O)N/N=C\c1ccc(OCC(C)C)cc1. The van der Waals surface area contributed by atoms with E-state index in [0.717, 1.165) is 28.2 Å². The number of hydrogen-bond acceptors (Lipinski definition) is 4. The molecule has 0 heterocycles. The van der Waals surface area contributed by atoms with Crippen molar-refractivity contribution in [1.29, 1.82) is 0 Å². The largest absolute Gasteiger partial charge is 0.493 e. The third-order valence-corrected chi connectivity index (χ3v) is 3.62. The van der Waals surface area contributed by atoms with Gasteiger partial charge in [-0.25, -0.2) is 5.43 Å². The van der Waals surface area contributed by atoms with Crippen molar-refractivity contribution in [2.75, 3.05) is 13.2 Å². The van der Waals surface area contributed by atoms with Crippen molar-refractivity contribution < 1.29 is 14.3 Å². The molecule has 26 heavy (non-hydrogen) atoms. The van der Waals surface area contributed by atoms with Crippen LogP contribution in [-0.2, 0) is 4.79 Å². The number of nitrogens with one attached hydrogen (secondary N) is 1. The van der Waals surface area contributed by atoms with Crippen molar-refractivity contribution in [2.45, 2.75) is 27.7 Å². The van der Waals surface area contributed by atoms with E-state index in [9.17, 15) is 4.79 Å². The highest BCUT2D eigenvalue weighted by Gasteiger charge is 2.06. The molecular formula is C21H26N2O3. The maximum Gasteiger partial charge on any atom is 0.277 e. The lowest BCUT2D eigenvalue weighted by atomic mass is 10.1. The highest BCUT2D eigenvalue weighted by Crippen LogP contribution is 2.22. The minimum atomic E-state index is -0.305. The van der Waals surface area contributed by atoms with Gasteiger partial charge in [0.15, 0.2) is 6.61 Å². The number of benzene rings is 2. The molecule has 0 saturated carbocycles. The molecular weight excluding hydrogens is 328 g/mol. The van der Waals surface area contributed by atoms with E-state index < -0.39 is 0 Å². The van der Waals surface area contributed by atoms with E-state index in [1.165, 1.54) is 0 Å². The van der Waals surface area contributed by atoms with Gasteiger partial charge in [-0.3, -0.25) is 4.79 Å². The second-order valence-electron chi connectivity index (χ2n) is 6.58. The Kier molecular flexibility index (Phi) is 7.21. The lowest BCUT2D eigenvalue weighted by Gasteiger charge is -2.10. The molecule has 0 unspecified atom stereocenters. The first-order valence-corrected chi connectivity index (χ1v) is 8.69. The minimum Gasteiger partial charge on any atom is -0.493 e. The third-order valence-electron chi connectivity index (χ3n) is 3.62. The molecule has 0 aliphatic carbocycles. The number of rotatable bonds is 8. The molecule has 0 spiro atoms. The normalized spacial score (nSPS) is 11.0. The molecule has 0 bridgehead atoms. The highest BCUT2D eigenvalue weighted by atomic mass is 16.5. The van der Waals surface area contributed by atoms with E-state index in [2.05, 4.69) is 24.4 Å². The number of amides is 1. The number of ether oxygens (including phenoxy) is 2. The molecule has 0 fully saturated rings. The molecule has 2 aromatic carbocycles. The number of hydrazone groups is 1. The zero-order valence-corrected chi connectivity index (χ0v) is 15.8. The van der Waals surface area contributed by atoms with E-state index in [1.807, 2.05) is 56.3 Å². The van der Waals surface area contributed by atoms with Crippen molar-refractivity contribution in [1.82, 2.24) is 5.43 Å². The highest BCUT2D eigenvalue weighted by molar-refractivity contribution is 5.83. The number of aryl methyl sites for hydroxylation is 2. The van der Waals surface area contributed by atoms with Crippen LogP contribution in [0, 0.1) is 19.8 Å². The van der Waals surface area contributed by atoms with Crippen molar-refractivity contribution in [3.8, 4) is 11.5 Å². The van der Waals surface area contributed by atoms with E-state index in [-0.39, 0.29) is 12.5 Å². The molecule has 0 radical (unpaired) electrons. The van der Waals surface area contributed by atoms with Crippen LogP contribution < -0.4 is 14.9 Å². The van der Waals surface area contributed by atoms with Gasteiger partial charge in [0.05, 0.1) is 12.8 Å². The molecule has 138 valence electrons. The fraction of sp³-hybridized carbons (Fsp3) is 0.333. The maximum atomic E-state index is 11.9. The Morgan fingerprint density at radius 3 is 2.35 bits per heavy atom. The fourth-order valence-electron chi connectivity index (χ4n) is 2.29. The minimum absolute atomic E-state index is 0.0784. The lowest BCUT2D eigenvalue weighted by Crippen LogP contribution is -2.25. The monoisotopic (exact) mass is 354 g/mol. The Labute approximate surface area is 155 Å². The molecule has 5 heteroatoms. The first-order valence-electron chi connectivity index (χ1n) is 8.69. The van der Waals surface area contributed by atoms with Gasteiger partial charge >= 0.3 is 0 Å². The Balaban J connectivity index is 1.79. The van der Waals surface area contributed by atoms with Gasteiger partial charge in [0.2, 0.25) is 0 Å². The van der Waals surface area contributed by atoms with Crippen LogP contribution in [0.15, 0.2) is 47.6 Å². The number of nitrogens with zero attached hydrogens (tertiary/aromatic N) is 1. The van der Waals surface area contributed by atoms with Crippen LogP contribution in [0.4, 0.5) is 0 Å². The van der Waals surface area contributed by atoms with Gasteiger partial charge in [0.1, 0.15) is 11.5 Å². The zero-order chi connectivity index (χ0) is 18.9. The molecule has 0 atom stereocenters. The summed E-state index contributed by atoms with van der Waals surface area (Å²) in [6, 6.07) is 13.4. The number of para-hydroxylation sites is 1. The number of carbonyl (C=O) groups is 1. The van der Waals surface area contributed by atoms with Crippen molar-refractivity contribution in [3.05, 3.63) is 59.2 Å². The molecule has 2 rings (SSSR count). The van der Waals surface area contributed by atoms with Crippen LogP contribution in [0.2, 0.25) is 0 Å². The second-order valence-corrected chi connectivity index (χ2v) is 6.58. The van der Waals surface area contributed by atoms with Gasteiger partial charge in [-0.1, -0.05) is 32.0 Å².